The molecular weight excluding hydrogens is 260 g/mol. The van der Waals surface area contributed by atoms with E-state index in [-0.39, 0.29) is 0 Å². The summed E-state index contributed by atoms with van der Waals surface area (Å²) in [5.41, 5.74) is 3.05. The Bertz CT molecular complexity index is 720. The van der Waals surface area contributed by atoms with Gasteiger partial charge in [0.2, 0.25) is 0 Å². The number of benzene rings is 1. The number of aromatic nitrogens is 4. The Balaban J connectivity index is 2.05. The third kappa shape index (κ3) is 2.31. The molecule has 0 aliphatic heterocycles. The first kappa shape index (κ1) is 12.1. The van der Waals surface area contributed by atoms with E-state index in [9.17, 15) is 0 Å². The average molecular weight is 273 g/mol. The van der Waals surface area contributed by atoms with Gasteiger partial charge in [-0.05, 0) is 25.1 Å². The molecule has 0 spiro atoms. The number of nitrogens with zero attached hydrogens (tertiary/aromatic N) is 4. The van der Waals surface area contributed by atoms with E-state index in [4.69, 9.17) is 11.6 Å². The number of aryl methyl sites for hydroxylation is 1. The first-order valence-electron chi connectivity index (χ1n) is 6.18. The number of hydrogen-bond donors (Lipinski definition) is 0. The van der Waals surface area contributed by atoms with Crippen molar-refractivity contribution >= 4 is 22.6 Å². The van der Waals surface area contributed by atoms with Crippen molar-refractivity contribution < 1.29 is 0 Å². The number of halogens is 1. The molecule has 3 aromatic rings. The molecule has 4 nitrogen and oxygen atoms in total. The first-order chi connectivity index (χ1) is 9.28. The van der Waals surface area contributed by atoms with Crippen LogP contribution in [0, 0.1) is 0 Å². The zero-order valence-electron chi connectivity index (χ0n) is 10.5. The summed E-state index contributed by atoms with van der Waals surface area (Å²) in [5.74, 6) is 0.999. The van der Waals surface area contributed by atoms with Gasteiger partial charge in [-0.25, -0.2) is 15.0 Å². The summed E-state index contributed by atoms with van der Waals surface area (Å²) in [4.78, 5) is 12.8. The number of rotatable bonds is 3. The zero-order valence-corrected chi connectivity index (χ0v) is 11.3. The van der Waals surface area contributed by atoms with E-state index in [1.165, 1.54) is 6.33 Å². The van der Waals surface area contributed by atoms with Gasteiger partial charge in [-0.1, -0.05) is 23.7 Å². The molecule has 2 heterocycles. The molecular formula is C14H13ClN4. The summed E-state index contributed by atoms with van der Waals surface area (Å²) in [7, 11) is 0. The van der Waals surface area contributed by atoms with Crippen molar-refractivity contribution in [2.45, 2.75) is 19.9 Å². The maximum atomic E-state index is 5.89. The van der Waals surface area contributed by atoms with Crippen LogP contribution < -0.4 is 0 Å². The van der Waals surface area contributed by atoms with Gasteiger partial charge in [-0.3, -0.25) is 0 Å². The molecule has 1 aromatic carbocycles. The molecule has 0 fully saturated rings. The Morgan fingerprint density at radius 1 is 1.21 bits per heavy atom. The standard InChI is InChI=1S/C14H13ClN4/c1-2-19-12-6-4-3-5-11(12)18-14(19)8-10-7-13(15)17-9-16-10/h3-7,9H,2,8H2,1H3. The largest absolute Gasteiger partial charge is 0.328 e. The van der Waals surface area contributed by atoms with E-state index >= 15 is 0 Å². The SMILES string of the molecule is CCn1c(Cc2cc(Cl)ncn2)nc2ccccc21. The Morgan fingerprint density at radius 3 is 2.84 bits per heavy atom. The van der Waals surface area contributed by atoms with Crippen LogP contribution in [0.5, 0.6) is 0 Å². The molecule has 5 heteroatoms. The lowest BCUT2D eigenvalue weighted by atomic mass is 10.3. The van der Waals surface area contributed by atoms with Gasteiger partial charge in [0.05, 0.1) is 16.7 Å². The van der Waals surface area contributed by atoms with E-state index in [1.54, 1.807) is 6.07 Å². The molecule has 96 valence electrons. The second kappa shape index (κ2) is 4.97. The number of para-hydroxylation sites is 2. The van der Waals surface area contributed by atoms with Gasteiger partial charge in [0.1, 0.15) is 17.3 Å². The molecule has 0 amide bonds. The summed E-state index contributed by atoms with van der Waals surface area (Å²) in [6.45, 7) is 3.00. The molecule has 0 radical (unpaired) electrons. The summed E-state index contributed by atoms with van der Waals surface area (Å²) in [6, 6.07) is 9.92. The van der Waals surface area contributed by atoms with E-state index in [0.29, 0.717) is 11.6 Å². The monoisotopic (exact) mass is 272 g/mol. The van der Waals surface area contributed by atoms with Gasteiger partial charge < -0.3 is 4.57 Å². The fourth-order valence-electron chi connectivity index (χ4n) is 2.24. The third-order valence-corrected chi connectivity index (χ3v) is 3.29. The minimum atomic E-state index is 0.462. The zero-order chi connectivity index (χ0) is 13.2. The summed E-state index contributed by atoms with van der Waals surface area (Å²) in [6.07, 6.45) is 2.14. The molecule has 0 unspecified atom stereocenters. The highest BCUT2D eigenvalue weighted by Crippen LogP contribution is 2.18. The Labute approximate surface area is 116 Å². The quantitative estimate of drug-likeness (QED) is 0.688. The van der Waals surface area contributed by atoms with Crippen molar-refractivity contribution in [1.29, 1.82) is 0 Å². The molecule has 0 aliphatic rings. The van der Waals surface area contributed by atoms with Crippen molar-refractivity contribution in [1.82, 2.24) is 19.5 Å². The van der Waals surface area contributed by atoms with Gasteiger partial charge in [-0.2, -0.15) is 0 Å². The van der Waals surface area contributed by atoms with E-state index < -0.39 is 0 Å². The lowest BCUT2D eigenvalue weighted by Gasteiger charge is -2.05. The van der Waals surface area contributed by atoms with Crippen LogP contribution in [-0.2, 0) is 13.0 Å². The van der Waals surface area contributed by atoms with Crippen LogP contribution in [0.2, 0.25) is 5.15 Å². The maximum Gasteiger partial charge on any atom is 0.132 e. The van der Waals surface area contributed by atoms with Gasteiger partial charge in [0.25, 0.3) is 0 Å². The Morgan fingerprint density at radius 2 is 2.05 bits per heavy atom. The Kier molecular flexibility index (Phi) is 3.17. The minimum absolute atomic E-state index is 0.462. The van der Waals surface area contributed by atoms with Crippen LogP contribution in [0.3, 0.4) is 0 Å². The van der Waals surface area contributed by atoms with Crippen LogP contribution in [0.1, 0.15) is 18.4 Å². The van der Waals surface area contributed by atoms with Crippen molar-refractivity contribution in [3.63, 3.8) is 0 Å². The smallest absolute Gasteiger partial charge is 0.132 e. The predicted octanol–water partition coefficient (Wildman–Crippen LogP) is 3.09. The molecule has 0 bridgehead atoms. The van der Waals surface area contributed by atoms with Crippen LogP contribution in [0.4, 0.5) is 0 Å². The predicted molar refractivity (Wildman–Crippen MR) is 75.3 cm³/mol. The normalized spacial score (nSPS) is 11.1. The summed E-state index contributed by atoms with van der Waals surface area (Å²) in [5, 5.41) is 0.462. The highest BCUT2D eigenvalue weighted by Gasteiger charge is 2.10. The molecule has 0 saturated carbocycles. The number of fused-ring (bicyclic) bond motifs is 1. The van der Waals surface area contributed by atoms with E-state index in [2.05, 4.69) is 32.5 Å². The average Bonchev–Trinajstić information content (AvgIpc) is 2.75. The molecule has 0 aliphatic carbocycles. The first-order valence-corrected chi connectivity index (χ1v) is 6.56. The second-order valence-electron chi connectivity index (χ2n) is 4.27. The van der Waals surface area contributed by atoms with Crippen molar-refractivity contribution in [2.75, 3.05) is 0 Å². The summed E-state index contributed by atoms with van der Waals surface area (Å²) < 4.78 is 2.20. The lowest BCUT2D eigenvalue weighted by Crippen LogP contribution is -2.04. The van der Waals surface area contributed by atoms with Crippen molar-refractivity contribution in [3.8, 4) is 0 Å². The Hall–Kier alpha value is -1.94. The number of hydrogen-bond acceptors (Lipinski definition) is 3. The lowest BCUT2D eigenvalue weighted by molar-refractivity contribution is 0.728. The topological polar surface area (TPSA) is 43.6 Å². The fraction of sp³-hybridized carbons (Fsp3) is 0.214. The summed E-state index contributed by atoms with van der Waals surface area (Å²) >= 11 is 5.89. The molecule has 2 aromatic heterocycles. The molecule has 3 rings (SSSR count). The van der Waals surface area contributed by atoms with Crippen LogP contribution in [0.25, 0.3) is 11.0 Å². The van der Waals surface area contributed by atoms with Gasteiger partial charge >= 0.3 is 0 Å². The molecule has 0 saturated heterocycles. The van der Waals surface area contributed by atoms with Crippen LogP contribution >= 0.6 is 11.6 Å². The second-order valence-corrected chi connectivity index (χ2v) is 4.66. The van der Waals surface area contributed by atoms with E-state index in [0.717, 1.165) is 29.1 Å². The molecule has 19 heavy (non-hydrogen) atoms. The highest BCUT2D eigenvalue weighted by molar-refractivity contribution is 6.29. The number of imidazole rings is 1. The molecule has 0 atom stereocenters. The van der Waals surface area contributed by atoms with Crippen LogP contribution in [0.15, 0.2) is 36.7 Å². The van der Waals surface area contributed by atoms with Crippen molar-refractivity contribution in [2.24, 2.45) is 0 Å². The third-order valence-electron chi connectivity index (χ3n) is 3.08. The highest BCUT2D eigenvalue weighted by atomic mass is 35.5. The van der Waals surface area contributed by atoms with Gasteiger partial charge in [0.15, 0.2) is 0 Å². The van der Waals surface area contributed by atoms with Gasteiger partial charge in [-0.15, -0.1) is 0 Å². The van der Waals surface area contributed by atoms with E-state index in [1.807, 2.05) is 18.2 Å². The van der Waals surface area contributed by atoms with Gasteiger partial charge in [0, 0.05) is 13.0 Å². The van der Waals surface area contributed by atoms with Crippen molar-refractivity contribution in [3.05, 3.63) is 53.3 Å². The fourth-order valence-corrected chi connectivity index (χ4v) is 2.41. The minimum Gasteiger partial charge on any atom is -0.328 e. The molecule has 0 N–H and O–H groups in total. The van der Waals surface area contributed by atoms with Crippen LogP contribution in [-0.4, -0.2) is 19.5 Å². The maximum absolute atomic E-state index is 5.89.